The van der Waals surface area contributed by atoms with Crippen LogP contribution in [0.5, 0.6) is 0 Å². The van der Waals surface area contributed by atoms with Crippen LogP contribution in [0.4, 0.5) is 11.5 Å². The van der Waals surface area contributed by atoms with Crippen LogP contribution in [-0.4, -0.2) is 24.4 Å². The van der Waals surface area contributed by atoms with Crippen LogP contribution in [0.15, 0.2) is 54.7 Å². The van der Waals surface area contributed by atoms with Gasteiger partial charge in [0, 0.05) is 41.1 Å². The fourth-order valence-corrected chi connectivity index (χ4v) is 3.14. The molecule has 0 unspecified atom stereocenters. The quantitative estimate of drug-likeness (QED) is 0.365. The normalized spacial score (nSPS) is 9.70. The fourth-order valence-electron chi connectivity index (χ4n) is 2.80. The number of halogens is 1. The number of aldehydes is 1. The Morgan fingerprint density at radius 3 is 2.43 bits per heavy atom. The molecular formula is C24H25ClN4O. The number of carbonyl (C=O) groups excluding carboxylic acids is 1. The van der Waals surface area contributed by atoms with Gasteiger partial charge in [-0.2, -0.15) is 5.26 Å². The van der Waals surface area contributed by atoms with Gasteiger partial charge in [0.1, 0.15) is 11.9 Å². The molecule has 2 N–H and O–H groups in total. The number of hydrogen-bond donors (Lipinski definition) is 2. The van der Waals surface area contributed by atoms with E-state index in [-0.39, 0.29) is 0 Å². The lowest BCUT2D eigenvalue weighted by atomic mass is 9.98. The average Bonchev–Trinajstić information content (AvgIpc) is 2.78. The first-order chi connectivity index (χ1) is 14.6. The molecule has 0 aliphatic carbocycles. The zero-order valence-electron chi connectivity index (χ0n) is 17.4. The second-order valence-electron chi connectivity index (χ2n) is 6.30. The summed E-state index contributed by atoms with van der Waals surface area (Å²) in [5.74, 6) is 0.712. The van der Waals surface area contributed by atoms with Gasteiger partial charge in [0.25, 0.3) is 0 Å². The van der Waals surface area contributed by atoms with E-state index in [2.05, 4.69) is 15.6 Å². The lowest BCUT2D eigenvalue weighted by Gasteiger charge is -2.13. The van der Waals surface area contributed by atoms with E-state index in [1.54, 1.807) is 18.2 Å². The number of aryl methyl sites for hydroxylation is 1. The SMILES string of the molecule is CC.Cc1ccc(-c2cc(NCCNc3ccc(C#N)cn3)ccc2C=O)c(Cl)c1. The summed E-state index contributed by atoms with van der Waals surface area (Å²) in [5.41, 5.74) is 4.71. The van der Waals surface area contributed by atoms with Crippen LogP contribution in [0.1, 0.15) is 35.3 Å². The topological polar surface area (TPSA) is 77.8 Å². The maximum Gasteiger partial charge on any atom is 0.150 e. The Bertz CT molecular complexity index is 1030. The third kappa shape index (κ3) is 6.07. The first-order valence-electron chi connectivity index (χ1n) is 9.80. The summed E-state index contributed by atoms with van der Waals surface area (Å²) in [4.78, 5) is 15.6. The van der Waals surface area contributed by atoms with Crippen molar-refractivity contribution in [1.82, 2.24) is 4.98 Å². The number of aromatic nitrogens is 1. The monoisotopic (exact) mass is 420 g/mol. The molecule has 30 heavy (non-hydrogen) atoms. The van der Waals surface area contributed by atoms with Crippen molar-refractivity contribution in [2.75, 3.05) is 23.7 Å². The van der Waals surface area contributed by atoms with Gasteiger partial charge in [-0.25, -0.2) is 4.98 Å². The minimum Gasteiger partial charge on any atom is -0.383 e. The molecule has 0 bridgehead atoms. The third-order valence-electron chi connectivity index (χ3n) is 4.25. The maximum absolute atomic E-state index is 11.5. The molecule has 0 aliphatic heterocycles. The van der Waals surface area contributed by atoms with Gasteiger partial charge in [-0.3, -0.25) is 4.79 Å². The second-order valence-corrected chi connectivity index (χ2v) is 6.71. The number of pyridine rings is 1. The molecule has 1 heterocycles. The first kappa shape index (κ1) is 22.9. The molecule has 154 valence electrons. The highest BCUT2D eigenvalue weighted by molar-refractivity contribution is 6.33. The molecule has 0 atom stereocenters. The standard InChI is InChI=1S/C22H19ClN4O.C2H6/c1-15-2-6-19(21(23)10-15)20-11-18(5-4-17(20)14-28)25-8-9-26-22-7-3-16(12-24)13-27-22;1-2/h2-7,10-11,13-14,25H,8-9H2,1H3,(H,26,27);1-2H3. The number of anilines is 2. The molecule has 3 rings (SSSR count). The number of nitriles is 1. The van der Waals surface area contributed by atoms with E-state index in [0.29, 0.717) is 35.1 Å². The van der Waals surface area contributed by atoms with Crippen molar-refractivity contribution in [2.24, 2.45) is 0 Å². The van der Waals surface area contributed by atoms with Gasteiger partial charge in [-0.1, -0.05) is 37.6 Å². The Kier molecular flexibility index (Phi) is 8.86. The minimum atomic E-state index is 0.529. The van der Waals surface area contributed by atoms with Gasteiger partial charge in [0.15, 0.2) is 6.29 Å². The molecule has 1 aromatic heterocycles. The summed E-state index contributed by atoms with van der Waals surface area (Å²) >= 11 is 6.39. The molecule has 0 spiro atoms. The van der Waals surface area contributed by atoms with Crippen molar-refractivity contribution >= 4 is 29.4 Å². The predicted molar refractivity (Wildman–Crippen MR) is 124 cm³/mol. The van der Waals surface area contributed by atoms with E-state index in [4.69, 9.17) is 16.9 Å². The summed E-state index contributed by atoms with van der Waals surface area (Å²) in [6.07, 6.45) is 2.37. The van der Waals surface area contributed by atoms with Gasteiger partial charge >= 0.3 is 0 Å². The molecule has 2 aromatic carbocycles. The van der Waals surface area contributed by atoms with E-state index < -0.39 is 0 Å². The van der Waals surface area contributed by atoms with E-state index in [1.165, 1.54) is 6.20 Å². The zero-order valence-corrected chi connectivity index (χ0v) is 18.1. The smallest absolute Gasteiger partial charge is 0.150 e. The molecule has 0 saturated heterocycles. The molecule has 0 saturated carbocycles. The highest BCUT2D eigenvalue weighted by Gasteiger charge is 2.10. The van der Waals surface area contributed by atoms with Gasteiger partial charge < -0.3 is 10.6 Å². The van der Waals surface area contributed by atoms with Crippen LogP contribution in [-0.2, 0) is 0 Å². The van der Waals surface area contributed by atoms with Crippen molar-refractivity contribution in [3.63, 3.8) is 0 Å². The minimum absolute atomic E-state index is 0.529. The summed E-state index contributed by atoms with van der Waals surface area (Å²) in [6.45, 7) is 7.28. The van der Waals surface area contributed by atoms with Crippen molar-refractivity contribution in [1.29, 1.82) is 5.26 Å². The van der Waals surface area contributed by atoms with E-state index in [1.807, 2.05) is 57.2 Å². The maximum atomic E-state index is 11.5. The van der Waals surface area contributed by atoms with Gasteiger partial charge in [-0.15, -0.1) is 0 Å². The molecule has 3 aromatic rings. The Balaban J connectivity index is 0.00000155. The second kappa shape index (κ2) is 11.6. The van der Waals surface area contributed by atoms with Crippen LogP contribution >= 0.6 is 11.6 Å². The van der Waals surface area contributed by atoms with Crippen molar-refractivity contribution < 1.29 is 4.79 Å². The van der Waals surface area contributed by atoms with Crippen molar-refractivity contribution in [3.05, 3.63) is 76.4 Å². The molecule has 5 nitrogen and oxygen atoms in total. The van der Waals surface area contributed by atoms with Gasteiger partial charge in [0.05, 0.1) is 5.56 Å². The Hall–Kier alpha value is -3.36. The molecular weight excluding hydrogens is 396 g/mol. The van der Waals surface area contributed by atoms with Crippen molar-refractivity contribution in [3.8, 4) is 17.2 Å². The van der Waals surface area contributed by atoms with Crippen LogP contribution in [0, 0.1) is 18.3 Å². The summed E-state index contributed by atoms with van der Waals surface area (Å²) in [7, 11) is 0. The van der Waals surface area contributed by atoms with E-state index in [9.17, 15) is 4.79 Å². The molecule has 0 radical (unpaired) electrons. The summed E-state index contributed by atoms with van der Waals surface area (Å²) in [6, 6.07) is 16.9. The Labute approximate surface area is 182 Å². The van der Waals surface area contributed by atoms with Crippen LogP contribution in [0.25, 0.3) is 11.1 Å². The molecule has 0 fully saturated rings. The highest BCUT2D eigenvalue weighted by atomic mass is 35.5. The van der Waals surface area contributed by atoms with E-state index >= 15 is 0 Å². The Morgan fingerprint density at radius 1 is 1.03 bits per heavy atom. The fraction of sp³-hybridized carbons (Fsp3) is 0.208. The Morgan fingerprint density at radius 2 is 1.80 bits per heavy atom. The summed E-state index contributed by atoms with van der Waals surface area (Å²) < 4.78 is 0. The van der Waals surface area contributed by atoms with Gasteiger partial charge in [0.2, 0.25) is 0 Å². The van der Waals surface area contributed by atoms with Crippen molar-refractivity contribution in [2.45, 2.75) is 20.8 Å². The van der Waals surface area contributed by atoms with Crippen LogP contribution in [0.2, 0.25) is 5.02 Å². The van der Waals surface area contributed by atoms with Crippen LogP contribution < -0.4 is 10.6 Å². The summed E-state index contributed by atoms with van der Waals surface area (Å²) in [5, 5.41) is 15.9. The number of nitrogens with one attached hydrogen (secondary N) is 2. The number of hydrogen-bond acceptors (Lipinski definition) is 5. The highest BCUT2D eigenvalue weighted by Crippen LogP contribution is 2.32. The number of benzene rings is 2. The lowest BCUT2D eigenvalue weighted by molar-refractivity contribution is 0.112. The predicted octanol–water partition coefficient (Wildman–Crippen LogP) is 5.94. The lowest BCUT2D eigenvalue weighted by Crippen LogP contribution is -2.14. The first-order valence-corrected chi connectivity index (χ1v) is 10.2. The molecule has 0 amide bonds. The molecule has 6 heteroatoms. The average molecular weight is 421 g/mol. The molecule has 0 aliphatic rings. The number of nitrogens with zero attached hydrogens (tertiary/aromatic N) is 2. The van der Waals surface area contributed by atoms with Gasteiger partial charge in [-0.05, 0) is 54.4 Å². The van der Waals surface area contributed by atoms with E-state index in [0.717, 1.165) is 28.7 Å². The zero-order chi connectivity index (χ0) is 21.9. The number of rotatable bonds is 7. The third-order valence-corrected chi connectivity index (χ3v) is 4.56. The number of carbonyl (C=O) groups is 1. The van der Waals surface area contributed by atoms with Crippen LogP contribution in [0.3, 0.4) is 0 Å². The largest absolute Gasteiger partial charge is 0.383 e.